The fraction of sp³-hybridized carbons (Fsp3) is 0.222. The molecule has 1 heterocycles. The van der Waals surface area contributed by atoms with Crippen molar-refractivity contribution in [1.29, 1.82) is 0 Å². The maximum absolute atomic E-state index is 4.43. The van der Waals surface area contributed by atoms with Gasteiger partial charge in [-0.3, -0.25) is 0 Å². The van der Waals surface area contributed by atoms with Crippen LogP contribution in [0.4, 0.5) is 0 Å². The molecule has 1 aromatic carbocycles. The lowest BCUT2D eigenvalue weighted by Crippen LogP contribution is -1.70. The van der Waals surface area contributed by atoms with Crippen LogP contribution in [0.15, 0.2) is 23.1 Å². The molecule has 0 radical (unpaired) electrons. The first-order valence-electron chi connectivity index (χ1n) is 3.71. The zero-order valence-corrected chi connectivity index (χ0v) is 8.63. The molecule has 0 bridgehead atoms. The van der Waals surface area contributed by atoms with Gasteiger partial charge in [0, 0.05) is 4.90 Å². The van der Waals surface area contributed by atoms with Gasteiger partial charge in [-0.1, -0.05) is 0 Å². The molecule has 3 heteroatoms. The fourth-order valence-corrected chi connectivity index (χ4v) is 2.39. The molecule has 0 aliphatic heterocycles. The van der Waals surface area contributed by atoms with Gasteiger partial charge in [-0.15, -0.1) is 23.1 Å². The number of aryl methyl sites for hydroxylation is 1. The van der Waals surface area contributed by atoms with E-state index in [4.69, 9.17) is 0 Å². The van der Waals surface area contributed by atoms with E-state index < -0.39 is 0 Å². The molecule has 0 aliphatic carbocycles. The molecule has 0 unspecified atom stereocenters. The Kier molecular flexibility index (Phi) is 2.07. The molecule has 62 valence electrons. The Hall–Kier alpha value is -0.540. The van der Waals surface area contributed by atoms with Crippen molar-refractivity contribution in [2.75, 3.05) is 6.26 Å². The standard InChI is InChI=1S/C9H9NS2/c1-6-10-8-5-7(11-2)3-4-9(8)12-6/h3-5H,1-2H3. The van der Waals surface area contributed by atoms with Gasteiger partial charge in [0.15, 0.2) is 0 Å². The van der Waals surface area contributed by atoms with E-state index >= 15 is 0 Å². The second-order valence-electron chi connectivity index (χ2n) is 2.57. The van der Waals surface area contributed by atoms with E-state index in [1.165, 1.54) is 9.60 Å². The zero-order valence-electron chi connectivity index (χ0n) is 7.00. The SMILES string of the molecule is CSc1ccc2sc(C)nc2c1. The van der Waals surface area contributed by atoms with E-state index in [1.807, 2.05) is 6.92 Å². The number of thioether (sulfide) groups is 1. The highest BCUT2D eigenvalue weighted by molar-refractivity contribution is 7.98. The lowest BCUT2D eigenvalue weighted by Gasteiger charge is -1.93. The van der Waals surface area contributed by atoms with Crippen molar-refractivity contribution in [3.63, 3.8) is 0 Å². The monoisotopic (exact) mass is 195 g/mol. The summed E-state index contributed by atoms with van der Waals surface area (Å²) in [4.78, 5) is 5.71. The van der Waals surface area contributed by atoms with E-state index in [9.17, 15) is 0 Å². The molecule has 0 atom stereocenters. The molecule has 1 nitrogen and oxygen atoms in total. The summed E-state index contributed by atoms with van der Waals surface area (Å²) >= 11 is 3.51. The van der Waals surface area contributed by atoms with Crippen molar-refractivity contribution in [2.24, 2.45) is 0 Å². The molecule has 0 N–H and O–H groups in total. The van der Waals surface area contributed by atoms with Gasteiger partial charge in [-0.2, -0.15) is 0 Å². The summed E-state index contributed by atoms with van der Waals surface area (Å²) in [6, 6.07) is 6.43. The first-order chi connectivity index (χ1) is 5.79. The number of aromatic nitrogens is 1. The van der Waals surface area contributed by atoms with Gasteiger partial charge in [0.1, 0.15) is 0 Å². The van der Waals surface area contributed by atoms with Crippen LogP contribution in [0.1, 0.15) is 5.01 Å². The highest BCUT2D eigenvalue weighted by Gasteiger charge is 1.99. The third-order valence-electron chi connectivity index (χ3n) is 1.70. The molecule has 0 fully saturated rings. The summed E-state index contributed by atoms with van der Waals surface area (Å²) in [5.74, 6) is 0. The largest absolute Gasteiger partial charge is 0.241 e. The first kappa shape index (κ1) is 8.08. The minimum Gasteiger partial charge on any atom is -0.241 e. The van der Waals surface area contributed by atoms with Crippen molar-refractivity contribution in [3.05, 3.63) is 23.2 Å². The molecule has 0 spiro atoms. The van der Waals surface area contributed by atoms with Crippen LogP contribution in [0.3, 0.4) is 0 Å². The van der Waals surface area contributed by atoms with Crippen molar-refractivity contribution < 1.29 is 0 Å². The normalized spacial score (nSPS) is 10.8. The smallest absolute Gasteiger partial charge is 0.0907 e. The quantitative estimate of drug-likeness (QED) is 0.647. The fourth-order valence-electron chi connectivity index (χ4n) is 1.15. The van der Waals surface area contributed by atoms with Gasteiger partial charge in [0.25, 0.3) is 0 Å². The van der Waals surface area contributed by atoms with E-state index in [0.29, 0.717) is 0 Å². The second-order valence-corrected chi connectivity index (χ2v) is 4.68. The predicted molar refractivity (Wildman–Crippen MR) is 56.1 cm³/mol. The van der Waals surface area contributed by atoms with E-state index in [2.05, 4.69) is 29.4 Å². The van der Waals surface area contributed by atoms with Gasteiger partial charge < -0.3 is 0 Å². The summed E-state index contributed by atoms with van der Waals surface area (Å²) < 4.78 is 1.28. The highest BCUT2D eigenvalue weighted by Crippen LogP contribution is 2.25. The Morgan fingerprint density at radius 1 is 1.42 bits per heavy atom. The predicted octanol–water partition coefficient (Wildman–Crippen LogP) is 3.33. The number of rotatable bonds is 1. The van der Waals surface area contributed by atoms with Crippen molar-refractivity contribution in [2.45, 2.75) is 11.8 Å². The van der Waals surface area contributed by atoms with E-state index in [1.54, 1.807) is 23.1 Å². The molecule has 0 amide bonds. The number of hydrogen-bond acceptors (Lipinski definition) is 3. The number of fused-ring (bicyclic) bond motifs is 1. The molecule has 2 rings (SSSR count). The number of hydrogen-bond donors (Lipinski definition) is 0. The summed E-state index contributed by atoms with van der Waals surface area (Å²) in [5.41, 5.74) is 1.13. The van der Waals surface area contributed by atoms with Crippen LogP contribution >= 0.6 is 23.1 Å². The van der Waals surface area contributed by atoms with Crippen LogP contribution in [0.5, 0.6) is 0 Å². The van der Waals surface area contributed by atoms with Crippen molar-refractivity contribution in [3.8, 4) is 0 Å². The molecule has 2 aromatic rings. The molecule has 0 aliphatic rings. The van der Waals surface area contributed by atoms with Crippen LogP contribution < -0.4 is 0 Å². The topological polar surface area (TPSA) is 12.9 Å². The van der Waals surface area contributed by atoms with Gasteiger partial charge in [-0.05, 0) is 31.4 Å². The maximum atomic E-state index is 4.43. The minimum atomic E-state index is 1.13. The van der Waals surface area contributed by atoms with Crippen molar-refractivity contribution >= 4 is 33.3 Å². The third-order valence-corrected chi connectivity index (χ3v) is 3.38. The van der Waals surface area contributed by atoms with E-state index in [-0.39, 0.29) is 0 Å². The number of benzene rings is 1. The van der Waals surface area contributed by atoms with Gasteiger partial charge in [0.05, 0.1) is 15.2 Å². The van der Waals surface area contributed by atoms with Crippen molar-refractivity contribution in [1.82, 2.24) is 4.98 Å². The summed E-state index contributed by atoms with van der Waals surface area (Å²) in [5, 5.41) is 1.14. The van der Waals surface area contributed by atoms with Gasteiger partial charge in [0.2, 0.25) is 0 Å². The van der Waals surface area contributed by atoms with Crippen LogP contribution in [-0.4, -0.2) is 11.2 Å². The Balaban J connectivity index is 2.66. The van der Waals surface area contributed by atoms with Crippen LogP contribution in [0.2, 0.25) is 0 Å². The molecule has 12 heavy (non-hydrogen) atoms. The minimum absolute atomic E-state index is 1.13. The van der Waals surface area contributed by atoms with E-state index in [0.717, 1.165) is 10.5 Å². The zero-order chi connectivity index (χ0) is 8.55. The molecular weight excluding hydrogens is 186 g/mol. The average Bonchev–Trinajstić information content (AvgIpc) is 2.43. The Bertz CT molecular complexity index is 406. The third kappa shape index (κ3) is 1.34. The molecule has 0 saturated carbocycles. The first-order valence-corrected chi connectivity index (χ1v) is 5.75. The number of thiazole rings is 1. The van der Waals surface area contributed by atoms with Crippen LogP contribution in [0.25, 0.3) is 10.2 Å². The van der Waals surface area contributed by atoms with Crippen LogP contribution in [-0.2, 0) is 0 Å². The lowest BCUT2D eigenvalue weighted by molar-refractivity contribution is 1.33. The van der Waals surface area contributed by atoms with Gasteiger partial charge in [-0.25, -0.2) is 4.98 Å². The Morgan fingerprint density at radius 3 is 3.00 bits per heavy atom. The second kappa shape index (κ2) is 3.07. The maximum Gasteiger partial charge on any atom is 0.0907 e. The van der Waals surface area contributed by atoms with Crippen LogP contribution in [0, 0.1) is 6.92 Å². The average molecular weight is 195 g/mol. The molecule has 0 saturated heterocycles. The summed E-state index contributed by atoms with van der Waals surface area (Å²) in [7, 11) is 0. The highest BCUT2D eigenvalue weighted by atomic mass is 32.2. The Labute approximate surface area is 79.8 Å². The number of nitrogens with zero attached hydrogens (tertiary/aromatic N) is 1. The molecular formula is C9H9NS2. The lowest BCUT2D eigenvalue weighted by atomic mass is 10.3. The Morgan fingerprint density at radius 2 is 2.25 bits per heavy atom. The summed E-state index contributed by atoms with van der Waals surface area (Å²) in [6.07, 6.45) is 2.08. The summed E-state index contributed by atoms with van der Waals surface area (Å²) in [6.45, 7) is 2.05. The molecule has 1 aromatic heterocycles. The van der Waals surface area contributed by atoms with Gasteiger partial charge >= 0.3 is 0 Å².